The van der Waals surface area contributed by atoms with Crippen molar-refractivity contribution in [2.24, 2.45) is 16.8 Å². The summed E-state index contributed by atoms with van der Waals surface area (Å²) in [5.74, 6) is 5.04. The lowest BCUT2D eigenvalue weighted by molar-refractivity contribution is 0.125. The predicted octanol–water partition coefficient (Wildman–Crippen LogP) is 4.06. The molecule has 2 unspecified atom stereocenters. The second kappa shape index (κ2) is 11.8. The highest BCUT2D eigenvalue weighted by atomic mass is 127. The Labute approximate surface area is 184 Å². The summed E-state index contributed by atoms with van der Waals surface area (Å²) in [6.07, 6.45) is 5.25. The molecular weight excluding hydrogens is 475 g/mol. The fourth-order valence-corrected chi connectivity index (χ4v) is 6.21. The van der Waals surface area contributed by atoms with Gasteiger partial charge in [0.2, 0.25) is 0 Å². The van der Waals surface area contributed by atoms with Gasteiger partial charge in [0, 0.05) is 31.1 Å². The fourth-order valence-electron chi connectivity index (χ4n) is 4.02. The largest absolute Gasteiger partial charge is 0.356 e. The van der Waals surface area contributed by atoms with Gasteiger partial charge in [-0.05, 0) is 74.1 Å². The minimum absolute atomic E-state index is 0. The van der Waals surface area contributed by atoms with Crippen LogP contribution in [0.5, 0.6) is 0 Å². The van der Waals surface area contributed by atoms with E-state index in [-0.39, 0.29) is 24.0 Å². The summed E-state index contributed by atoms with van der Waals surface area (Å²) in [6, 6.07) is 5.00. The molecule has 0 bridgehead atoms. The number of hydrogen-bond acceptors (Lipinski definition) is 4. The monoisotopic (exact) mass is 508 g/mol. The molecule has 0 aliphatic carbocycles. The Balaban J connectivity index is 0.00000243. The second-order valence-electron chi connectivity index (χ2n) is 7.23. The summed E-state index contributed by atoms with van der Waals surface area (Å²) < 4.78 is 0. The van der Waals surface area contributed by atoms with Gasteiger partial charge in [-0.15, -0.1) is 35.3 Å². The van der Waals surface area contributed by atoms with Crippen molar-refractivity contribution >= 4 is 53.0 Å². The van der Waals surface area contributed by atoms with Gasteiger partial charge < -0.3 is 10.6 Å². The van der Waals surface area contributed by atoms with E-state index in [4.69, 9.17) is 0 Å². The number of nitrogens with one attached hydrogen (secondary N) is 2. The number of hydrogen-bond donors (Lipinski definition) is 2. The molecule has 1 aromatic rings. The van der Waals surface area contributed by atoms with E-state index in [0.717, 1.165) is 25.0 Å². The van der Waals surface area contributed by atoms with E-state index in [2.05, 4.69) is 56.8 Å². The fraction of sp³-hybridized carbons (Fsp3) is 0.737. The number of guanidine groups is 1. The van der Waals surface area contributed by atoms with Crippen molar-refractivity contribution < 1.29 is 0 Å². The van der Waals surface area contributed by atoms with Gasteiger partial charge >= 0.3 is 0 Å². The van der Waals surface area contributed by atoms with E-state index in [9.17, 15) is 0 Å². The van der Waals surface area contributed by atoms with Gasteiger partial charge in [0.25, 0.3) is 0 Å². The zero-order valence-corrected chi connectivity index (χ0v) is 19.9. The Hall–Kier alpha value is 0.01000. The average molecular weight is 509 g/mol. The van der Waals surface area contributed by atoms with Gasteiger partial charge in [-0.1, -0.05) is 6.07 Å². The third-order valence-corrected chi connectivity index (χ3v) is 7.49. The predicted molar refractivity (Wildman–Crippen MR) is 127 cm³/mol. The quantitative estimate of drug-likeness (QED) is 0.358. The molecular formula is C19H33IN4S2. The van der Waals surface area contributed by atoms with Crippen LogP contribution in [-0.4, -0.2) is 56.1 Å². The number of rotatable bonds is 5. The number of piperidine rings is 1. The van der Waals surface area contributed by atoms with Gasteiger partial charge in [-0.3, -0.25) is 9.89 Å². The SMILES string of the molecule is CN=C(NCC1CCSCC1)NCC1CCCN(C)C1c1cccs1.I. The maximum absolute atomic E-state index is 4.44. The molecule has 4 nitrogen and oxygen atoms in total. The number of likely N-dealkylation sites (tertiary alicyclic amines) is 1. The first kappa shape index (κ1) is 22.3. The van der Waals surface area contributed by atoms with Gasteiger partial charge in [-0.25, -0.2) is 0 Å². The summed E-state index contributed by atoms with van der Waals surface area (Å²) in [7, 11) is 4.15. The summed E-state index contributed by atoms with van der Waals surface area (Å²) in [5.41, 5.74) is 0. The molecule has 2 fully saturated rings. The van der Waals surface area contributed by atoms with E-state index in [1.165, 1.54) is 48.6 Å². The molecule has 3 heterocycles. The van der Waals surface area contributed by atoms with Crippen LogP contribution in [0.2, 0.25) is 0 Å². The number of thioether (sulfide) groups is 1. The van der Waals surface area contributed by atoms with Gasteiger partial charge in [0.05, 0.1) is 0 Å². The van der Waals surface area contributed by atoms with Crippen LogP contribution >= 0.6 is 47.1 Å². The summed E-state index contributed by atoms with van der Waals surface area (Å²) >= 11 is 3.98. The van der Waals surface area contributed by atoms with Gasteiger partial charge in [0.1, 0.15) is 0 Å². The van der Waals surface area contributed by atoms with Gasteiger partial charge in [-0.2, -0.15) is 11.8 Å². The molecule has 26 heavy (non-hydrogen) atoms. The maximum atomic E-state index is 4.44. The number of aliphatic imine (C=N–C) groups is 1. The molecule has 2 aliphatic rings. The minimum Gasteiger partial charge on any atom is -0.356 e. The molecule has 0 spiro atoms. The lowest BCUT2D eigenvalue weighted by Gasteiger charge is -2.39. The van der Waals surface area contributed by atoms with Crippen LogP contribution in [0.1, 0.15) is 36.6 Å². The van der Waals surface area contributed by atoms with Crippen molar-refractivity contribution in [1.82, 2.24) is 15.5 Å². The summed E-state index contributed by atoms with van der Waals surface area (Å²) in [4.78, 5) is 8.46. The zero-order chi connectivity index (χ0) is 17.5. The zero-order valence-electron chi connectivity index (χ0n) is 15.9. The van der Waals surface area contributed by atoms with Crippen LogP contribution in [0.25, 0.3) is 0 Å². The standard InChI is InChI=1S/C19H32N4S2.HI/c1-20-19(21-13-15-7-11-24-12-8-15)22-14-16-5-3-9-23(2)18(16)17-6-4-10-25-17;/h4,6,10,15-16,18H,3,5,7-9,11-14H2,1-2H3,(H2,20,21,22);1H. The average Bonchev–Trinajstić information content (AvgIpc) is 3.17. The lowest BCUT2D eigenvalue weighted by Crippen LogP contribution is -2.45. The third kappa shape index (κ3) is 6.27. The topological polar surface area (TPSA) is 39.7 Å². The van der Waals surface area contributed by atoms with Crippen LogP contribution in [0.4, 0.5) is 0 Å². The third-order valence-electron chi connectivity index (χ3n) is 5.50. The van der Waals surface area contributed by atoms with E-state index in [1.807, 2.05) is 18.4 Å². The number of thiophene rings is 1. The smallest absolute Gasteiger partial charge is 0.190 e. The molecule has 3 rings (SSSR count). The number of nitrogens with zero attached hydrogens (tertiary/aromatic N) is 2. The van der Waals surface area contributed by atoms with Crippen LogP contribution in [-0.2, 0) is 0 Å². The highest BCUT2D eigenvalue weighted by Crippen LogP contribution is 2.36. The molecule has 7 heteroatoms. The van der Waals surface area contributed by atoms with Crippen molar-refractivity contribution in [2.45, 2.75) is 31.7 Å². The van der Waals surface area contributed by atoms with Crippen LogP contribution in [0.3, 0.4) is 0 Å². The van der Waals surface area contributed by atoms with Crippen molar-refractivity contribution in [3.63, 3.8) is 0 Å². The van der Waals surface area contributed by atoms with Crippen molar-refractivity contribution in [3.8, 4) is 0 Å². The normalized spacial score (nSPS) is 25.5. The first-order valence-corrected chi connectivity index (χ1v) is 11.6. The molecule has 2 atom stereocenters. The second-order valence-corrected chi connectivity index (χ2v) is 9.44. The first-order chi connectivity index (χ1) is 12.3. The Morgan fingerprint density at radius 1 is 1.23 bits per heavy atom. The Morgan fingerprint density at radius 3 is 2.69 bits per heavy atom. The van der Waals surface area contributed by atoms with Crippen molar-refractivity contribution in [3.05, 3.63) is 22.4 Å². The first-order valence-electron chi connectivity index (χ1n) is 9.54. The van der Waals surface area contributed by atoms with Crippen molar-refractivity contribution in [2.75, 3.05) is 45.2 Å². The van der Waals surface area contributed by atoms with Crippen LogP contribution < -0.4 is 10.6 Å². The summed E-state index contributed by atoms with van der Waals surface area (Å²) in [6.45, 7) is 3.25. The van der Waals surface area contributed by atoms with Crippen molar-refractivity contribution in [1.29, 1.82) is 0 Å². The highest BCUT2D eigenvalue weighted by Gasteiger charge is 2.31. The minimum atomic E-state index is 0. The Bertz CT molecular complexity index is 532. The molecule has 2 saturated heterocycles. The molecule has 2 N–H and O–H groups in total. The number of halogens is 1. The molecule has 148 valence electrons. The molecule has 0 radical (unpaired) electrons. The molecule has 0 amide bonds. The van der Waals surface area contributed by atoms with Gasteiger partial charge in [0.15, 0.2) is 5.96 Å². The highest BCUT2D eigenvalue weighted by molar-refractivity contribution is 14.0. The van der Waals surface area contributed by atoms with Crippen LogP contribution in [0, 0.1) is 11.8 Å². The van der Waals surface area contributed by atoms with E-state index < -0.39 is 0 Å². The van der Waals surface area contributed by atoms with E-state index >= 15 is 0 Å². The Morgan fingerprint density at radius 2 is 2.00 bits per heavy atom. The Kier molecular flexibility index (Phi) is 10.1. The van der Waals surface area contributed by atoms with E-state index in [1.54, 1.807) is 0 Å². The molecule has 2 aliphatic heterocycles. The van der Waals surface area contributed by atoms with E-state index in [0.29, 0.717) is 12.0 Å². The molecule has 0 saturated carbocycles. The molecule has 1 aromatic heterocycles. The van der Waals surface area contributed by atoms with Crippen LogP contribution in [0.15, 0.2) is 22.5 Å². The lowest BCUT2D eigenvalue weighted by atomic mass is 9.88. The maximum Gasteiger partial charge on any atom is 0.190 e. The molecule has 0 aromatic carbocycles. The summed E-state index contributed by atoms with van der Waals surface area (Å²) in [5, 5.41) is 9.36.